The fourth-order valence-corrected chi connectivity index (χ4v) is 3.27. The number of aliphatic imine (C=N–C) groups is 1. The number of ether oxygens (including phenoxy) is 1. The lowest BCUT2D eigenvalue weighted by Gasteiger charge is -2.23. The van der Waals surface area contributed by atoms with E-state index in [1.165, 1.54) is 11.8 Å². The molecule has 3 rings (SSSR count). The van der Waals surface area contributed by atoms with Crippen molar-refractivity contribution < 1.29 is 9.53 Å². The van der Waals surface area contributed by atoms with Crippen molar-refractivity contribution in [3.63, 3.8) is 0 Å². The molecule has 0 saturated heterocycles. The quantitative estimate of drug-likeness (QED) is 0.637. The number of rotatable bonds is 6. The van der Waals surface area contributed by atoms with Gasteiger partial charge in [-0.15, -0.1) is 11.7 Å². The van der Waals surface area contributed by atoms with Crippen LogP contribution in [0.3, 0.4) is 0 Å². The highest BCUT2D eigenvalue weighted by Gasteiger charge is 2.18. The Morgan fingerprint density at radius 3 is 2.48 bits per heavy atom. The van der Waals surface area contributed by atoms with Gasteiger partial charge in [-0.2, -0.15) is 4.99 Å². The average Bonchev–Trinajstić information content (AvgIpc) is 2.70. The third-order valence-electron chi connectivity index (χ3n) is 3.61. The highest BCUT2D eigenvalue weighted by Crippen LogP contribution is 2.19. The smallest absolute Gasteiger partial charge is 0.234 e. The summed E-state index contributed by atoms with van der Waals surface area (Å²) in [5, 5.41) is 10.7. The van der Waals surface area contributed by atoms with Gasteiger partial charge in [-0.1, -0.05) is 41.0 Å². The number of hydrogen-bond acceptors (Lipinski definition) is 6. The van der Waals surface area contributed by atoms with Crippen LogP contribution in [0.2, 0.25) is 10.0 Å². The first kappa shape index (κ1) is 21.2. The molecule has 9 heteroatoms. The number of halogens is 2. The molecule has 29 heavy (non-hydrogen) atoms. The van der Waals surface area contributed by atoms with Crippen LogP contribution in [0.1, 0.15) is 0 Å². The molecule has 1 amide bonds. The van der Waals surface area contributed by atoms with Crippen molar-refractivity contribution in [3.05, 3.63) is 71.2 Å². The number of thioether (sulfide) groups is 1. The zero-order valence-corrected chi connectivity index (χ0v) is 17.7. The first-order chi connectivity index (χ1) is 14.0. The van der Waals surface area contributed by atoms with Crippen molar-refractivity contribution in [3.8, 4) is 5.75 Å². The molecule has 2 aromatic rings. The lowest BCUT2D eigenvalue weighted by Crippen LogP contribution is -2.33. The van der Waals surface area contributed by atoms with Crippen LogP contribution in [0.5, 0.6) is 5.75 Å². The SMILES string of the molecule is C=CCN1CC(Oc2ccc(Cl)cc2)=NC(SCC(=O)Nc2ccc(Cl)cc2)=N1. The topological polar surface area (TPSA) is 66.3 Å². The second-order valence-electron chi connectivity index (χ2n) is 5.92. The van der Waals surface area contributed by atoms with Crippen LogP contribution in [0.15, 0.2) is 71.3 Å². The number of hydrazone groups is 1. The summed E-state index contributed by atoms with van der Waals surface area (Å²) >= 11 is 13.0. The van der Waals surface area contributed by atoms with E-state index in [1.54, 1.807) is 59.6 Å². The van der Waals surface area contributed by atoms with Gasteiger partial charge >= 0.3 is 0 Å². The molecule has 0 fully saturated rings. The van der Waals surface area contributed by atoms with Gasteiger partial charge in [-0.3, -0.25) is 9.80 Å². The minimum absolute atomic E-state index is 0.154. The summed E-state index contributed by atoms with van der Waals surface area (Å²) in [5.74, 6) is 1.08. The van der Waals surface area contributed by atoms with Gasteiger partial charge < -0.3 is 10.1 Å². The van der Waals surface area contributed by atoms with E-state index in [4.69, 9.17) is 27.9 Å². The highest BCUT2D eigenvalue weighted by atomic mass is 35.5. The summed E-state index contributed by atoms with van der Waals surface area (Å²) in [6.45, 7) is 4.67. The zero-order chi connectivity index (χ0) is 20.6. The molecule has 6 nitrogen and oxygen atoms in total. The Morgan fingerprint density at radius 1 is 1.17 bits per heavy atom. The molecule has 1 aliphatic rings. The van der Waals surface area contributed by atoms with Crippen LogP contribution in [0.4, 0.5) is 5.69 Å². The third kappa shape index (κ3) is 6.81. The Bertz CT molecular complexity index is 931. The van der Waals surface area contributed by atoms with E-state index in [-0.39, 0.29) is 11.7 Å². The Hall–Kier alpha value is -2.48. The lowest BCUT2D eigenvalue weighted by atomic mass is 10.3. The second-order valence-corrected chi connectivity index (χ2v) is 7.74. The van der Waals surface area contributed by atoms with Gasteiger partial charge in [0.15, 0.2) is 0 Å². The van der Waals surface area contributed by atoms with Crippen LogP contribution in [0, 0.1) is 0 Å². The minimum atomic E-state index is -0.170. The van der Waals surface area contributed by atoms with Gasteiger partial charge in [-0.25, -0.2) is 0 Å². The fraction of sp³-hybridized carbons (Fsp3) is 0.150. The molecule has 0 atom stereocenters. The molecule has 0 spiro atoms. The van der Waals surface area contributed by atoms with Crippen LogP contribution >= 0.6 is 35.0 Å². The molecule has 1 N–H and O–H groups in total. The largest absolute Gasteiger partial charge is 0.441 e. The van der Waals surface area contributed by atoms with Crippen molar-refractivity contribution in [2.24, 2.45) is 10.1 Å². The van der Waals surface area contributed by atoms with Crippen molar-refractivity contribution in [2.45, 2.75) is 0 Å². The molecule has 1 heterocycles. The summed E-state index contributed by atoms with van der Waals surface area (Å²) in [4.78, 5) is 16.6. The zero-order valence-electron chi connectivity index (χ0n) is 15.3. The van der Waals surface area contributed by atoms with Gasteiger partial charge in [0.2, 0.25) is 17.0 Å². The van der Waals surface area contributed by atoms with Gasteiger partial charge in [-0.05, 0) is 48.5 Å². The summed E-state index contributed by atoms with van der Waals surface area (Å²) in [5.41, 5.74) is 0.675. The maximum Gasteiger partial charge on any atom is 0.234 e. The van der Waals surface area contributed by atoms with Gasteiger partial charge in [0, 0.05) is 15.7 Å². The van der Waals surface area contributed by atoms with Gasteiger partial charge in [0.25, 0.3) is 0 Å². The van der Waals surface area contributed by atoms with E-state index in [9.17, 15) is 4.79 Å². The summed E-state index contributed by atoms with van der Waals surface area (Å²) in [7, 11) is 0. The monoisotopic (exact) mass is 448 g/mol. The predicted molar refractivity (Wildman–Crippen MR) is 121 cm³/mol. The van der Waals surface area contributed by atoms with E-state index < -0.39 is 0 Å². The number of benzene rings is 2. The van der Waals surface area contributed by atoms with E-state index in [1.807, 2.05) is 0 Å². The van der Waals surface area contributed by atoms with Crippen LogP contribution in [-0.2, 0) is 4.79 Å². The predicted octanol–water partition coefficient (Wildman–Crippen LogP) is 4.92. The van der Waals surface area contributed by atoms with Crippen molar-refractivity contribution in [2.75, 3.05) is 24.2 Å². The first-order valence-electron chi connectivity index (χ1n) is 8.65. The summed E-state index contributed by atoms with van der Waals surface area (Å²) in [6.07, 6.45) is 1.74. The molecule has 1 aliphatic heterocycles. The number of nitrogens with one attached hydrogen (secondary N) is 1. The molecule has 0 radical (unpaired) electrons. The minimum Gasteiger partial charge on any atom is -0.441 e. The number of amides is 1. The Morgan fingerprint density at radius 2 is 1.83 bits per heavy atom. The molecule has 2 aromatic carbocycles. The normalized spacial score (nSPS) is 13.4. The Balaban J connectivity index is 1.62. The molecular weight excluding hydrogens is 431 g/mol. The Kier molecular flexibility index (Phi) is 7.57. The van der Waals surface area contributed by atoms with E-state index in [0.717, 1.165) is 0 Å². The molecule has 0 aromatic heterocycles. The maximum absolute atomic E-state index is 12.2. The number of hydrogen-bond donors (Lipinski definition) is 1. The number of nitrogens with zero attached hydrogens (tertiary/aromatic N) is 3. The fourth-order valence-electron chi connectivity index (χ4n) is 2.35. The molecule has 0 bridgehead atoms. The van der Waals surface area contributed by atoms with E-state index in [0.29, 0.717) is 45.6 Å². The standard InChI is InChI=1S/C20H18Cl2N4O2S/c1-2-11-26-12-19(28-17-9-5-15(22)6-10-17)24-20(25-26)29-13-18(27)23-16-7-3-14(21)4-8-16/h2-10H,1,11-13H2,(H,23,27). The number of carbonyl (C=O) groups is 1. The van der Waals surface area contributed by atoms with E-state index >= 15 is 0 Å². The van der Waals surface area contributed by atoms with E-state index in [2.05, 4.69) is 22.0 Å². The molecule has 0 aliphatic carbocycles. The maximum atomic E-state index is 12.2. The molecular formula is C20H18Cl2N4O2S. The van der Waals surface area contributed by atoms with Crippen molar-refractivity contribution in [1.82, 2.24) is 5.01 Å². The molecule has 0 unspecified atom stereocenters. The summed E-state index contributed by atoms with van der Waals surface area (Å²) < 4.78 is 5.84. The number of carbonyl (C=O) groups excluding carboxylic acids is 1. The molecule has 0 saturated carbocycles. The number of amidine groups is 1. The highest BCUT2D eigenvalue weighted by molar-refractivity contribution is 8.14. The van der Waals surface area contributed by atoms with Crippen molar-refractivity contribution in [1.29, 1.82) is 0 Å². The average molecular weight is 449 g/mol. The van der Waals surface area contributed by atoms with Gasteiger partial charge in [0.05, 0.1) is 12.3 Å². The van der Waals surface area contributed by atoms with Gasteiger partial charge in [0.1, 0.15) is 12.3 Å². The molecule has 150 valence electrons. The second kappa shape index (κ2) is 10.3. The van der Waals surface area contributed by atoms with Crippen molar-refractivity contribution >= 4 is 57.6 Å². The van der Waals surface area contributed by atoms with Crippen LogP contribution in [0.25, 0.3) is 0 Å². The lowest BCUT2D eigenvalue weighted by molar-refractivity contribution is -0.113. The summed E-state index contributed by atoms with van der Waals surface area (Å²) in [6, 6.07) is 13.9. The Labute approximate surface area is 183 Å². The van der Waals surface area contributed by atoms with Crippen LogP contribution < -0.4 is 10.1 Å². The van der Waals surface area contributed by atoms with Crippen LogP contribution in [-0.4, -0.2) is 40.8 Å². The number of anilines is 1. The third-order valence-corrected chi connectivity index (χ3v) is 4.96. The first-order valence-corrected chi connectivity index (χ1v) is 10.4.